The van der Waals surface area contributed by atoms with E-state index in [1.807, 2.05) is 18.2 Å². The number of aromatic nitrogens is 2. The lowest BCUT2D eigenvalue weighted by molar-refractivity contribution is 0.217. The minimum absolute atomic E-state index is 0.0403. The number of aromatic amines is 1. The highest BCUT2D eigenvalue weighted by molar-refractivity contribution is 7.71. The van der Waals surface area contributed by atoms with Gasteiger partial charge in [-0.3, -0.25) is 0 Å². The number of nitrogens with one attached hydrogen (secondary N) is 1. The summed E-state index contributed by atoms with van der Waals surface area (Å²) < 4.78 is 2.96. The fourth-order valence-electron chi connectivity index (χ4n) is 3.06. The summed E-state index contributed by atoms with van der Waals surface area (Å²) in [5.41, 5.74) is 2.32. The molecule has 0 aliphatic carbocycles. The maximum absolute atomic E-state index is 6.04. The van der Waals surface area contributed by atoms with Crippen LogP contribution in [0.3, 0.4) is 0 Å². The highest BCUT2D eigenvalue weighted by Gasteiger charge is 2.29. The Bertz CT molecular complexity index is 659. The molecule has 0 aliphatic heterocycles. The monoisotopic (exact) mass is 296 g/mol. The number of benzene rings is 1. The predicted molar refractivity (Wildman–Crippen MR) is 85.5 cm³/mol. The van der Waals surface area contributed by atoms with E-state index in [0.29, 0.717) is 0 Å². The molecule has 0 spiro atoms. The molecule has 0 saturated heterocycles. The molecular weight excluding hydrogens is 276 g/mol. The minimum Gasteiger partial charge on any atom is -0.331 e. The lowest BCUT2D eigenvalue weighted by Crippen LogP contribution is -2.31. The maximum atomic E-state index is 6.04. The van der Waals surface area contributed by atoms with Crippen LogP contribution in [0.4, 0.5) is 0 Å². The average Bonchev–Trinajstić information content (AvgIpc) is 2.49. The molecule has 2 rings (SSSR count). The lowest BCUT2D eigenvalue weighted by Gasteiger charge is -2.34. The third-order valence-corrected chi connectivity index (χ3v) is 3.73. The molecule has 2 nitrogen and oxygen atoms in total. The minimum atomic E-state index is -0.0403. The summed E-state index contributed by atoms with van der Waals surface area (Å²) in [6, 6.07) is 5.88. The van der Waals surface area contributed by atoms with Crippen molar-refractivity contribution in [3.05, 3.63) is 28.0 Å². The van der Waals surface area contributed by atoms with Gasteiger partial charge < -0.3 is 9.55 Å². The van der Waals surface area contributed by atoms with Gasteiger partial charge in [-0.05, 0) is 56.1 Å². The van der Waals surface area contributed by atoms with Crippen molar-refractivity contribution >= 4 is 34.9 Å². The van der Waals surface area contributed by atoms with Crippen molar-refractivity contribution in [2.45, 2.75) is 46.6 Å². The standard InChI is InChI=1S/C15H21ClN2S/c1-14(2,3)9-15(4,5)18-12-7-6-10(16)8-11(12)17-13(18)19/h6-8H,9H2,1-5H3,(H,17,19). The second-order valence-corrected chi connectivity index (χ2v) is 7.80. The van der Waals surface area contributed by atoms with Gasteiger partial charge in [-0.1, -0.05) is 32.4 Å². The third kappa shape index (κ3) is 3.03. The van der Waals surface area contributed by atoms with Crippen molar-refractivity contribution in [3.63, 3.8) is 0 Å². The second kappa shape index (κ2) is 4.64. The Kier molecular flexibility index (Phi) is 3.56. The van der Waals surface area contributed by atoms with Crippen molar-refractivity contribution in [2.24, 2.45) is 5.41 Å². The summed E-state index contributed by atoms with van der Waals surface area (Å²) in [5, 5.41) is 0.726. The Labute approximate surface area is 124 Å². The van der Waals surface area contributed by atoms with Crippen LogP contribution in [0.25, 0.3) is 11.0 Å². The molecule has 0 saturated carbocycles. The number of hydrogen-bond acceptors (Lipinski definition) is 1. The van der Waals surface area contributed by atoms with Crippen molar-refractivity contribution in [1.82, 2.24) is 9.55 Å². The molecule has 1 N–H and O–H groups in total. The number of halogens is 1. The first-order valence-corrected chi connectivity index (χ1v) is 7.30. The van der Waals surface area contributed by atoms with E-state index in [4.69, 9.17) is 23.8 Å². The Morgan fingerprint density at radius 2 is 1.84 bits per heavy atom. The van der Waals surface area contributed by atoms with Gasteiger partial charge in [0.1, 0.15) is 0 Å². The molecule has 1 heterocycles. The fraction of sp³-hybridized carbons (Fsp3) is 0.533. The van der Waals surface area contributed by atoms with Crippen molar-refractivity contribution in [3.8, 4) is 0 Å². The first-order valence-electron chi connectivity index (χ1n) is 6.51. The van der Waals surface area contributed by atoms with Gasteiger partial charge >= 0.3 is 0 Å². The number of rotatable bonds is 2. The average molecular weight is 297 g/mol. The number of fused-ring (bicyclic) bond motifs is 1. The molecule has 0 fully saturated rings. The van der Waals surface area contributed by atoms with E-state index in [1.165, 1.54) is 0 Å². The Morgan fingerprint density at radius 3 is 2.42 bits per heavy atom. The third-order valence-electron chi connectivity index (χ3n) is 3.21. The molecule has 19 heavy (non-hydrogen) atoms. The van der Waals surface area contributed by atoms with Gasteiger partial charge in [-0.25, -0.2) is 0 Å². The van der Waals surface area contributed by atoms with Crippen LogP contribution in [0.15, 0.2) is 18.2 Å². The molecule has 0 radical (unpaired) electrons. The van der Waals surface area contributed by atoms with E-state index in [2.05, 4.69) is 44.2 Å². The highest BCUT2D eigenvalue weighted by Crippen LogP contribution is 2.35. The van der Waals surface area contributed by atoms with Gasteiger partial charge in [0.15, 0.2) is 4.77 Å². The van der Waals surface area contributed by atoms with E-state index in [-0.39, 0.29) is 11.0 Å². The molecule has 0 amide bonds. The normalized spacial score (nSPS) is 13.2. The van der Waals surface area contributed by atoms with Crippen LogP contribution < -0.4 is 0 Å². The topological polar surface area (TPSA) is 20.7 Å². The summed E-state index contributed by atoms with van der Waals surface area (Å²) in [7, 11) is 0. The van der Waals surface area contributed by atoms with Crippen molar-refractivity contribution < 1.29 is 0 Å². The Hall–Kier alpha value is -0.800. The zero-order chi connectivity index (χ0) is 14.4. The van der Waals surface area contributed by atoms with Gasteiger partial charge in [0.05, 0.1) is 11.0 Å². The first-order chi connectivity index (χ1) is 8.60. The van der Waals surface area contributed by atoms with E-state index in [1.54, 1.807) is 0 Å². The summed E-state index contributed by atoms with van der Waals surface area (Å²) in [6.07, 6.45) is 1.05. The van der Waals surface area contributed by atoms with Crippen molar-refractivity contribution in [2.75, 3.05) is 0 Å². The van der Waals surface area contributed by atoms with E-state index in [0.717, 1.165) is 27.2 Å². The molecule has 0 atom stereocenters. The van der Waals surface area contributed by atoms with Gasteiger partial charge in [-0.2, -0.15) is 0 Å². The van der Waals surface area contributed by atoms with Crippen LogP contribution in [-0.2, 0) is 5.54 Å². The number of nitrogens with zero attached hydrogens (tertiary/aromatic N) is 1. The SMILES string of the molecule is CC(C)(C)CC(C)(C)n1c(=S)[nH]c2cc(Cl)ccc21. The zero-order valence-corrected chi connectivity index (χ0v) is 13.7. The second-order valence-electron chi connectivity index (χ2n) is 6.98. The largest absolute Gasteiger partial charge is 0.331 e. The molecule has 1 aromatic heterocycles. The van der Waals surface area contributed by atoms with E-state index >= 15 is 0 Å². The van der Waals surface area contributed by atoms with Crippen LogP contribution in [0, 0.1) is 10.2 Å². The molecule has 0 aliphatic rings. The van der Waals surface area contributed by atoms with Gasteiger partial charge in [0.25, 0.3) is 0 Å². The number of hydrogen-bond donors (Lipinski definition) is 1. The fourth-order valence-corrected chi connectivity index (χ4v) is 3.69. The summed E-state index contributed by atoms with van der Waals surface area (Å²) >= 11 is 11.5. The predicted octanol–water partition coefficient (Wildman–Crippen LogP) is 5.52. The first kappa shape index (κ1) is 14.6. The number of imidazole rings is 1. The zero-order valence-electron chi connectivity index (χ0n) is 12.2. The van der Waals surface area contributed by atoms with Gasteiger partial charge in [-0.15, -0.1) is 0 Å². The molecule has 2 aromatic rings. The summed E-state index contributed by atoms with van der Waals surface area (Å²) in [4.78, 5) is 3.25. The highest BCUT2D eigenvalue weighted by atomic mass is 35.5. The molecular formula is C15H21ClN2S. The van der Waals surface area contributed by atoms with Crippen LogP contribution in [0.5, 0.6) is 0 Å². The smallest absolute Gasteiger partial charge is 0.178 e. The van der Waals surface area contributed by atoms with Crippen LogP contribution in [0.1, 0.15) is 41.0 Å². The van der Waals surface area contributed by atoms with Crippen LogP contribution >= 0.6 is 23.8 Å². The summed E-state index contributed by atoms with van der Waals surface area (Å²) in [6.45, 7) is 11.2. The lowest BCUT2D eigenvalue weighted by atomic mass is 9.81. The molecule has 0 bridgehead atoms. The van der Waals surface area contributed by atoms with Crippen molar-refractivity contribution in [1.29, 1.82) is 0 Å². The van der Waals surface area contributed by atoms with Gasteiger partial charge in [0.2, 0.25) is 0 Å². The molecule has 1 aromatic carbocycles. The molecule has 104 valence electrons. The van der Waals surface area contributed by atoms with Crippen LogP contribution in [-0.4, -0.2) is 9.55 Å². The Balaban J connectivity index is 2.62. The van der Waals surface area contributed by atoms with E-state index < -0.39 is 0 Å². The molecule has 4 heteroatoms. The quantitative estimate of drug-likeness (QED) is 0.723. The molecule has 0 unspecified atom stereocenters. The number of H-pyrrole nitrogens is 1. The Morgan fingerprint density at radius 1 is 1.21 bits per heavy atom. The maximum Gasteiger partial charge on any atom is 0.178 e. The van der Waals surface area contributed by atoms with E-state index in [9.17, 15) is 0 Å². The summed E-state index contributed by atoms with van der Waals surface area (Å²) in [5.74, 6) is 0. The van der Waals surface area contributed by atoms with Crippen LogP contribution in [0.2, 0.25) is 5.02 Å². The van der Waals surface area contributed by atoms with Gasteiger partial charge in [0, 0.05) is 10.6 Å².